The van der Waals surface area contributed by atoms with Crippen LogP contribution in [-0.4, -0.2) is 48.7 Å². The molecule has 2 rings (SSSR count). The van der Waals surface area contributed by atoms with Gasteiger partial charge in [-0.25, -0.2) is 0 Å². The molecule has 1 aromatic carbocycles. The Bertz CT molecular complexity index is 475. The molecule has 1 amide bonds. The molecule has 0 saturated heterocycles. The predicted molar refractivity (Wildman–Crippen MR) is 85.2 cm³/mol. The minimum absolute atomic E-state index is 0.0139. The van der Waals surface area contributed by atoms with Gasteiger partial charge in [-0.1, -0.05) is 12.8 Å². The number of amides is 1. The molecule has 0 aliphatic heterocycles. The van der Waals surface area contributed by atoms with Crippen LogP contribution in [0.3, 0.4) is 0 Å². The monoisotopic (exact) mass is 291 g/mol. The number of carbonyl (C=O) groups is 1. The van der Waals surface area contributed by atoms with Gasteiger partial charge in [-0.2, -0.15) is 0 Å². The summed E-state index contributed by atoms with van der Waals surface area (Å²) in [5.41, 5.74) is 7.17. The summed E-state index contributed by atoms with van der Waals surface area (Å²) in [4.78, 5) is 16.0. The van der Waals surface area contributed by atoms with Gasteiger partial charge in [0.15, 0.2) is 0 Å². The van der Waals surface area contributed by atoms with Crippen LogP contribution in [0.4, 0.5) is 11.4 Å². The second-order valence-corrected chi connectivity index (χ2v) is 5.88. The van der Waals surface area contributed by atoms with Gasteiger partial charge in [-0.05, 0) is 44.2 Å². The molecular weight excluding hydrogens is 266 g/mol. The van der Waals surface area contributed by atoms with Gasteiger partial charge in [0.25, 0.3) is 0 Å². The summed E-state index contributed by atoms with van der Waals surface area (Å²) in [7, 11) is 3.67. The van der Waals surface area contributed by atoms with Gasteiger partial charge in [0, 0.05) is 24.5 Å². The Hall–Kier alpha value is -1.59. The first kappa shape index (κ1) is 15.8. The van der Waals surface area contributed by atoms with Crippen LogP contribution < -0.4 is 10.6 Å². The number of hydrogen-bond donors (Lipinski definition) is 2. The fourth-order valence-corrected chi connectivity index (χ4v) is 2.88. The van der Waals surface area contributed by atoms with Gasteiger partial charge in [0.2, 0.25) is 5.91 Å². The van der Waals surface area contributed by atoms with Crippen molar-refractivity contribution in [3.05, 3.63) is 24.3 Å². The first-order valence-corrected chi connectivity index (χ1v) is 7.49. The topological polar surface area (TPSA) is 69.8 Å². The maximum atomic E-state index is 12.4. The second kappa shape index (κ2) is 6.91. The number of hydrogen-bond acceptors (Lipinski definition) is 4. The number of anilines is 2. The van der Waals surface area contributed by atoms with Crippen molar-refractivity contribution in [1.82, 2.24) is 4.90 Å². The Balaban J connectivity index is 1.95. The summed E-state index contributed by atoms with van der Waals surface area (Å²) in [6.07, 6.45) is 3.66. The van der Waals surface area contributed by atoms with Crippen LogP contribution in [0, 0.1) is 0 Å². The Morgan fingerprint density at radius 3 is 2.48 bits per heavy atom. The highest BCUT2D eigenvalue weighted by atomic mass is 16.3. The molecule has 0 heterocycles. The highest BCUT2D eigenvalue weighted by Crippen LogP contribution is 2.22. The first-order chi connectivity index (χ1) is 9.99. The SMILES string of the molecule is CN(C(=O)CN(C)C1CCCCC1O)c1ccc(N)cc1. The van der Waals surface area contributed by atoms with E-state index in [1.807, 2.05) is 24.1 Å². The van der Waals surface area contributed by atoms with Gasteiger partial charge >= 0.3 is 0 Å². The molecule has 1 aliphatic rings. The summed E-state index contributed by atoms with van der Waals surface area (Å²) in [5, 5.41) is 10.1. The minimum atomic E-state index is -0.321. The van der Waals surface area contributed by atoms with E-state index in [4.69, 9.17) is 5.73 Å². The van der Waals surface area contributed by atoms with Gasteiger partial charge in [-0.3, -0.25) is 9.69 Å². The Labute approximate surface area is 126 Å². The van der Waals surface area contributed by atoms with Crippen LogP contribution in [0.15, 0.2) is 24.3 Å². The van der Waals surface area contributed by atoms with Gasteiger partial charge < -0.3 is 15.7 Å². The van der Waals surface area contributed by atoms with Crippen molar-refractivity contribution in [2.24, 2.45) is 0 Å². The quantitative estimate of drug-likeness (QED) is 0.824. The molecule has 116 valence electrons. The van der Waals surface area contributed by atoms with E-state index in [0.717, 1.165) is 31.4 Å². The van der Waals surface area contributed by atoms with Gasteiger partial charge in [0.05, 0.1) is 12.6 Å². The molecule has 3 N–H and O–H groups in total. The molecule has 1 aromatic rings. The van der Waals surface area contributed by atoms with Crippen molar-refractivity contribution in [2.75, 3.05) is 31.3 Å². The van der Waals surface area contributed by atoms with Crippen LogP contribution in [0.25, 0.3) is 0 Å². The van der Waals surface area contributed by atoms with Gasteiger partial charge in [-0.15, -0.1) is 0 Å². The number of benzene rings is 1. The van der Waals surface area contributed by atoms with Crippen LogP contribution in [0.5, 0.6) is 0 Å². The lowest BCUT2D eigenvalue weighted by molar-refractivity contribution is -0.120. The lowest BCUT2D eigenvalue weighted by Crippen LogP contribution is -2.47. The van der Waals surface area contributed by atoms with Crippen LogP contribution in [0.1, 0.15) is 25.7 Å². The summed E-state index contributed by atoms with van der Waals surface area (Å²) in [5.74, 6) is 0.0139. The van der Waals surface area contributed by atoms with Crippen molar-refractivity contribution in [3.8, 4) is 0 Å². The third-order valence-corrected chi connectivity index (χ3v) is 4.30. The smallest absolute Gasteiger partial charge is 0.240 e. The zero-order chi connectivity index (χ0) is 15.4. The normalized spacial score (nSPS) is 22.3. The van der Waals surface area contributed by atoms with Crippen molar-refractivity contribution < 1.29 is 9.90 Å². The van der Waals surface area contributed by atoms with Crippen molar-refractivity contribution in [1.29, 1.82) is 0 Å². The minimum Gasteiger partial charge on any atom is -0.399 e. The largest absolute Gasteiger partial charge is 0.399 e. The third-order valence-electron chi connectivity index (χ3n) is 4.30. The average molecular weight is 291 g/mol. The Morgan fingerprint density at radius 2 is 1.86 bits per heavy atom. The van der Waals surface area contributed by atoms with E-state index < -0.39 is 0 Å². The van der Waals surface area contributed by atoms with E-state index >= 15 is 0 Å². The van der Waals surface area contributed by atoms with Crippen molar-refractivity contribution in [2.45, 2.75) is 37.8 Å². The highest BCUT2D eigenvalue weighted by molar-refractivity contribution is 5.94. The highest BCUT2D eigenvalue weighted by Gasteiger charge is 2.28. The molecule has 1 fully saturated rings. The summed E-state index contributed by atoms with van der Waals surface area (Å²) < 4.78 is 0. The molecule has 21 heavy (non-hydrogen) atoms. The molecular formula is C16H25N3O2. The van der Waals surface area contributed by atoms with Crippen LogP contribution >= 0.6 is 0 Å². The number of nitrogens with zero attached hydrogens (tertiary/aromatic N) is 2. The number of carbonyl (C=O) groups excluding carboxylic acids is 1. The maximum absolute atomic E-state index is 12.4. The molecule has 0 spiro atoms. The summed E-state index contributed by atoms with van der Waals surface area (Å²) in [6.45, 7) is 0.308. The van der Waals surface area contributed by atoms with E-state index in [9.17, 15) is 9.90 Å². The molecule has 0 bridgehead atoms. The molecule has 1 saturated carbocycles. The molecule has 0 radical (unpaired) electrons. The number of nitrogens with two attached hydrogens (primary N) is 1. The molecule has 5 heteroatoms. The van der Waals surface area contributed by atoms with E-state index in [-0.39, 0.29) is 18.1 Å². The molecule has 1 aliphatic carbocycles. The van der Waals surface area contributed by atoms with Crippen molar-refractivity contribution >= 4 is 17.3 Å². The van der Waals surface area contributed by atoms with E-state index in [1.54, 1.807) is 24.1 Å². The van der Waals surface area contributed by atoms with Crippen molar-refractivity contribution in [3.63, 3.8) is 0 Å². The lowest BCUT2D eigenvalue weighted by Gasteiger charge is -2.35. The van der Waals surface area contributed by atoms with Gasteiger partial charge in [0.1, 0.15) is 0 Å². The molecule has 0 aromatic heterocycles. The number of nitrogen functional groups attached to an aromatic ring is 1. The first-order valence-electron chi connectivity index (χ1n) is 7.49. The standard InChI is InChI=1S/C16H25N3O2/c1-18(14-5-3-4-6-15(14)20)11-16(21)19(2)13-9-7-12(17)8-10-13/h7-10,14-15,20H,3-6,11,17H2,1-2H3. The zero-order valence-corrected chi connectivity index (χ0v) is 12.8. The number of aliphatic hydroxyl groups is 1. The van der Waals surface area contributed by atoms with E-state index in [0.29, 0.717) is 12.2 Å². The van der Waals surface area contributed by atoms with E-state index in [2.05, 4.69) is 0 Å². The van der Waals surface area contributed by atoms with Crippen LogP contribution in [-0.2, 0) is 4.79 Å². The Kier molecular flexibility index (Phi) is 5.20. The number of rotatable bonds is 4. The van der Waals surface area contributed by atoms with E-state index in [1.165, 1.54) is 0 Å². The predicted octanol–water partition coefficient (Wildman–Crippen LogP) is 1.47. The summed E-state index contributed by atoms with van der Waals surface area (Å²) in [6, 6.07) is 7.33. The third kappa shape index (κ3) is 3.95. The fraction of sp³-hybridized carbons (Fsp3) is 0.562. The average Bonchev–Trinajstić information content (AvgIpc) is 2.47. The van der Waals surface area contributed by atoms with Crippen LogP contribution in [0.2, 0.25) is 0 Å². The molecule has 2 atom stereocenters. The summed E-state index contributed by atoms with van der Waals surface area (Å²) >= 11 is 0. The number of likely N-dealkylation sites (N-methyl/N-ethyl adjacent to an activating group) is 2. The number of aliphatic hydroxyl groups excluding tert-OH is 1. The zero-order valence-electron chi connectivity index (χ0n) is 12.8. The molecule has 2 unspecified atom stereocenters. The fourth-order valence-electron chi connectivity index (χ4n) is 2.88. The Morgan fingerprint density at radius 1 is 1.24 bits per heavy atom. The maximum Gasteiger partial charge on any atom is 0.240 e. The second-order valence-electron chi connectivity index (χ2n) is 5.88. The lowest BCUT2D eigenvalue weighted by atomic mass is 9.91. The molecule has 5 nitrogen and oxygen atoms in total.